The normalized spacial score (nSPS) is 35.1. The summed E-state index contributed by atoms with van der Waals surface area (Å²) in [6.07, 6.45) is 8.77. The quantitative estimate of drug-likeness (QED) is 0.152. The highest BCUT2D eigenvalue weighted by atomic mass is 16.6. The van der Waals surface area contributed by atoms with Crippen LogP contribution in [-0.2, 0) is 33.3 Å². The molecule has 2 N–H and O–H groups in total. The molecule has 9 nitrogen and oxygen atoms in total. The number of allylic oxidation sites excluding steroid dienone is 3. The van der Waals surface area contributed by atoms with Gasteiger partial charge in [0.25, 0.3) is 0 Å². The third kappa shape index (κ3) is 10.6. The Bertz CT molecular complexity index is 951. The fourth-order valence-electron chi connectivity index (χ4n) is 5.86. The van der Waals surface area contributed by atoms with Gasteiger partial charge >= 0.3 is 11.9 Å². The molecule has 9 heteroatoms. The molecule has 0 aromatic rings. The highest BCUT2D eigenvalue weighted by molar-refractivity contribution is 5.70. The van der Waals surface area contributed by atoms with E-state index >= 15 is 0 Å². The zero-order valence-corrected chi connectivity index (χ0v) is 26.9. The SMILES string of the molecule is CCC(OC)C(C)C1OC1C(OC)C(C)/C=C/C=C(\C)C1OC(=O)CC(O)CCC(C)(O)C(OC(C)=O)/C=C/CC1C. The maximum atomic E-state index is 12.8. The first-order chi connectivity index (χ1) is 19.7. The Labute approximate surface area is 252 Å². The van der Waals surface area contributed by atoms with E-state index in [1.807, 2.05) is 32.1 Å². The highest BCUT2D eigenvalue weighted by Crippen LogP contribution is 2.38. The molecular weight excluding hydrogens is 540 g/mol. The van der Waals surface area contributed by atoms with Crippen LogP contribution in [0.25, 0.3) is 0 Å². The molecule has 0 aromatic heterocycles. The Kier molecular flexibility index (Phi) is 14.4. The largest absolute Gasteiger partial charge is 0.457 e. The average molecular weight is 595 g/mol. The minimum absolute atomic E-state index is 0.00472. The van der Waals surface area contributed by atoms with Crippen molar-refractivity contribution in [3.05, 3.63) is 36.0 Å². The Morgan fingerprint density at radius 2 is 1.90 bits per heavy atom. The van der Waals surface area contributed by atoms with E-state index in [1.54, 1.807) is 27.2 Å². The van der Waals surface area contributed by atoms with E-state index in [0.717, 1.165) is 12.0 Å². The number of ether oxygens (including phenoxy) is 5. The molecular formula is C33H54O9. The Morgan fingerprint density at radius 1 is 1.21 bits per heavy atom. The zero-order chi connectivity index (χ0) is 31.6. The van der Waals surface area contributed by atoms with Crippen LogP contribution in [0.2, 0.25) is 0 Å². The van der Waals surface area contributed by atoms with Crippen LogP contribution in [0.5, 0.6) is 0 Å². The van der Waals surface area contributed by atoms with Crippen LogP contribution in [0.4, 0.5) is 0 Å². The number of carbonyl (C=O) groups excluding carboxylic acids is 2. The number of cyclic esters (lactones) is 1. The summed E-state index contributed by atoms with van der Waals surface area (Å²) >= 11 is 0. The summed E-state index contributed by atoms with van der Waals surface area (Å²) in [5.41, 5.74) is -0.541. The number of methoxy groups -OCH3 is 2. The van der Waals surface area contributed by atoms with Crippen LogP contribution in [0.3, 0.4) is 0 Å². The van der Waals surface area contributed by atoms with Gasteiger partial charge in [-0.1, -0.05) is 52.0 Å². The van der Waals surface area contributed by atoms with Crippen LogP contribution in [0.15, 0.2) is 36.0 Å². The van der Waals surface area contributed by atoms with Crippen LogP contribution >= 0.6 is 0 Å². The van der Waals surface area contributed by atoms with Gasteiger partial charge in [-0.2, -0.15) is 0 Å². The van der Waals surface area contributed by atoms with Crippen molar-refractivity contribution in [3.8, 4) is 0 Å². The Hall–Kier alpha value is -2.04. The van der Waals surface area contributed by atoms with Crippen LogP contribution in [0, 0.1) is 17.8 Å². The number of aliphatic hydroxyl groups is 2. The summed E-state index contributed by atoms with van der Waals surface area (Å²) in [5.74, 6) is -0.781. The molecule has 11 atom stereocenters. The van der Waals surface area contributed by atoms with E-state index in [0.29, 0.717) is 6.42 Å². The Morgan fingerprint density at radius 3 is 2.50 bits per heavy atom. The molecule has 240 valence electrons. The van der Waals surface area contributed by atoms with E-state index in [1.165, 1.54) is 6.92 Å². The lowest BCUT2D eigenvalue weighted by Gasteiger charge is -2.31. The van der Waals surface area contributed by atoms with Gasteiger partial charge in [0.05, 0.1) is 30.8 Å². The van der Waals surface area contributed by atoms with Crippen molar-refractivity contribution < 1.29 is 43.5 Å². The number of epoxide rings is 1. The van der Waals surface area contributed by atoms with E-state index in [4.69, 9.17) is 23.7 Å². The van der Waals surface area contributed by atoms with Gasteiger partial charge in [-0.05, 0) is 51.2 Å². The highest BCUT2D eigenvalue weighted by Gasteiger charge is 2.51. The summed E-state index contributed by atoms with van der Waals surface area (Å²) in [6.45, 7) is 13.1. The molecule has 1 fully saturated rings. The van der Waals surface area contributed by atoms with Crippen LogP contribution < -0.4 is 0 Å². The van der Waals surface area contributed by atoms with Crippen molar-refractivity contribution in [3.63, 3.8) is 0 Å². The van der Waals surface area contributed by atoms with Crippen molar-refractivity contribution >= 4 is 11.9 Å². The lowest BCUT2D eigenvalue weighted by molar-refractivity contribution is -0.156. The molecule has 0 spiro atoms. The van der Waals surface area contributed by atoms with Crippen molar-refractivity contribution in [2.24, 2.45) is 17.8 Å². The van der Waals surface area contributed by atoms with Gasteiger partial charge in [0.1, 0.15) is 23.9 Å². The predicted octanol–water partition coefficient (Wildman–Crippen LogP) is 4.69. The van der Waals surface area contributed by atoms with Gasteiger partial charge in [-0.25, -0.2) is 0 Å². The van der Waals surface area contributed by atoms with Gasteiger partial charge in [-0.15, -0.1) is 0 Å². The molecule has 1 saturated heterocycles. The molecule has 2 rings (SSSR count). The van der Waals surface area contributed by atoms with E-state index in [-0.39, 0.29) is 61.4 Å². The molecule has 0 bridgehead atoms. The van der Waals surface area contributed by atoms with E-state index in [9.17, 15) is 19.8 Å². The summed E-state index contributed by atoms with van der Waals surface area (Å²) in [6, 6.07) is 0. The molecule has 0 amide bonds. The van der Waals surface area contributed by atoms with Gasteiger partial charge in [0, 0.05) is 38.9 Å². The van der Waals surface area contributed by atoms with Crippen LogP contribution in [-0.4, -0.2) is 84.7 Å². The van der Waals surface area contributed by atoms with Crippen LogP contribution in [0.1, 0.15) is 80.6 Å². The smallest absolute Gasteiger partial charge is 0.309 e. The van der Waals surface area contributed by atoms with E-state index < -0.39 is 35.9 Å². The number of hydrogen-bond donors (Lipinski definition) is 2. The second-order valence-corrected chi connectivity index (χ2v) is 12.3. The number of carbonyl (C=O) groups is 2. The number of esters is 2. The lowest BCUT2D eigenvalue weighted by Crippen LogP contribution is -2.41. The first-order valence-corrected chi connectivity index (χ1v) is 15.2. The zero-order valence-electron chi connectivity index (χ0n) is 26.9. The maximum Gasteiger partial charge on any atom is 0.309 e. The van der Waals surface area contributed by atoms with Crippen molar-refractivity contribution in [2.75, 3.05) is 14.2 Å². The molecule has 0 aliphatic carbocycles. The fraction of sp³-hybridized carbons (Fsp3) is 0.758. The molecule has 2 aliphatic heterocycles. The maximum absolute atomic E-state index is 12.8. The summed E-state index contributed by atoms with van der Waals surface area (Å²) in [7, 11) is 3.44. The summed E-state index contributed by atoms with van der Waals surface area (Å²) in [4.78, 5) is 24.5. The van der Waals surface area contributed by atoms with Crippen molar-refractivity contribution in [1.82, 2.24) is 0 Å². The third-order valence-corrected chi connectivity index (χ3v) is 8.59. The molecule has 0 saturated carbocycles. The first kappa shape index (κ1) is 36.2. The standard InChI is InChI=1S/C33H54O9/c1-10-26(38-8)23(5)31-32(42-31)30(39-9)22(4)14-11-13-20(2)29-21(3)15-12-16-27(40-24(6)34)33(7,37)18-17-25(35)19-28(36)41-29/h11-14,16,21-23,25-27,29-32,35,37H,10,15,17-19H2,1-9H3/b14-11+,16-12+,20-13+. The van der Waals surface area contributed by atoms with Crippen molar-refractivity contribution in [1.29, 1.82) is 0 Å². The topological polar surface area (TPSA) is 124 Å². The molecule has 11 unspecified atom stereocenters. The number of aliphatic hydroxyl groups excluding tert-OH is 1. The van der Waals surface area contributed by atoms with E-state index in [2.05, 4.69) is 26.8 Å². The molecule has 0 aromatic carbocycles. The third-order valence-electron chi connectivity index (χ3n) is 8.59. The van der Waals surface area contributed by atoms with Gasteiger partial charge in [-0.3, -0.25) is 9.59 Å². The van der Waals surface area contributed by atoms with Crippen molar-refractivity contribution in [2.45, 2.75) is 129 Å². The number of rotatable bonds is 11. The summed E-state index contributed by atoms with van der Waals surface area (Å²) in [5, 5.41) is 21.4. The second kappa shape index (κ2) is 16.7. The van der Waals surface area contributed by atoms with Gasteiger partial charge in [0.15, 0.2) is 0 Å². The predicted molar refractivity (Wildman–Crippen MR) is 161 cm³/mol. The lowest BCUT2D eigenvalue weighted by atomic mass is 9.90. The Balaban J connectivity index is 2.17. The monoisotopic (exact) mass is 594 g/mol. The second-order valence-electron chi connectivity index (χ2n) is 12.3. The number of hydrogen-bond acceptors (Lipinski definition) is 9. The minimum Gasteiger partial charge on any atom is -0.457 e. The minimum atomic E-state index is -1.40. The molecule has 0 radical (unpaired) electrons. The molecule has 42 heavy (non-hydrogen) atoms. The molecule has 2 aliphatic rings. The fourth-order valence-corrected chi connectivity index (χ4v) is 5.86. The first-order valence-electron chi connectivity index (χ1n) is 15.2. The average Bonchev–Trinajstić information content (AvgIpc) is 3.70. The van der Waals surface area contributed by atoms with Gasteiger partial charge in [0.2, 0.25) is 0 Å². The molecule has 2 heterocycles. The summed E-state index contributed by atoms with van der Waals surface area (Å²) < 4.78 is 28.7. The van der Waals surface area contributed by atoms with Gasteiger partial charge < -0.3 is 33.9 Å².